The Kier molecular flexibility index (Phi) is 8.32. The fourth-order valence-corrected chi connectivity index (χ4v) is 4.76. The lowest BCUT2D eigenvalue weighted by Gasteiger charge is -2.31. The molecule has 2 aromatic heterocycles. The molecular weight excluding hydrogens is 474 g/mol. The third-order valence-electron chi connectivity index (χ3n) is 5.74. The third-order valence-corrected chi connectivity index (χ3v) is 6.66. The second kappa shape index (κ2) is 11.8. The largest absolute Gasteiger partial charge is 0.494 e. The minimum Gasteiger partial charge on any atom is -0.494 e. The van der Waals surface area contributed by atoms with Crippen LogP contribution in [-0.4, -0.2) is 40.0 Å². The molecule has 0 aliphatic heterocycles. The van der Waals surface area contributed by atoms with E-state index in [1.54, 1.807) is 9.58 Å². The Hall–Kier alpha value is -3.72. The van der Waals surface area contributed by atoms with Crippen LogP contribution >= 0.6 is 11.3 Å². The molecule has 4 rings (SSSR count). The maximum atomic E-state index is 13.9. The van der Waals surface area contributed by atoms with Gasteiger partial charge in [-0.3, -0.25) is 14.5 Å². The number of nitrogens with zero attached hydrogens (tertiary/aromatic N) is 4. The van der Waals surface area contributed by atoms with Gasteiger partial charge in [0.05, 0.1) is 12.1 Å². The Bertz CT molecular complexity index is 1280. The topological polar surface area (TPSA) is 89.3 Å². The van der Waals surface area contributed by atoms with Crippen molar-refractivity contribution < 1.29 is 14.3 Å². The maximum Gasteiger partial charge on any atom is 0.249 e. The molecule has 1 atom stereocenters. The smallest absolute Gasteiger partial charge is 0.249 e. The first kappa shape index (κ1) is 25.4. The number of carbonyl (C=O) groups excluding carboxylic acids is 2. The quantitative estimate of drug-likeness (QED) is 0.315. The average Bonchev–Trinajstić information content (AvgIpc) is 3.54. The molecule has 2 aromatic carbocycles. The molecule has 9 heteroatoms. The highest BCUT2D eigenvalue weighted by Crippen LogP contribution is 2.32. The zero-order valence-electron chi connectivity index (χ0n) is 20.8. The lowest BCUT2D eigenvalue weighted by molar-refractivity contribution is -0.126. The second-order valence-corrected chi connectivity index (χ2v) is 9.80. The fraction of sp³-hybridized carbons (Fsp3) is 0.333. The first-order valence-corrected chi connectivity index (χ1v) is 13.0. The van der Waals surface area contributed by atoms with Crippen LogP contribution in [-0.2, 0) is 16.1 Å². The summed E-state index contributed by atoms with van der Waals surface area (Å²) in [5.41, 5.74) is 2.07. The number of anilines is 1. The highest BCUT2D eigenvalue weighted by Gasteiger charge is 2.34. The standard InChI is InChI=1S/C27H31N5O3S/c1-4-35-21-13-11-20(12-14-21)32(25(33)18-31-23-9-6-5-8-22(23)29-30-31)26(24-10-7-17-36-24)27(34)28-16-15-19(2)3/h5-14,17,19,26H,4,15-16,18H2,1-3H3,(H,28,34)/t26-/m0/s1. The van der Waals surface area contributed by atoms with Crippen molar-refractivity contribution in [2.24, 2.45) is 5.92 Å². The monoisotopic (exact) mass is 505 g/mol. The summed E-state index contributed by atoms with van der Waals surface area (Å²) >= 11 is 1.45. The van der Waals surface area contributed by atoms with Crippen LogP contribution in [0.25, 0.3) is 11.0 Å². The van der Waals surface area contributed by atoms with E-state index in [0.29, 0.717) is 36.0 Å². The lowest BCUT2D eigenvalue weighted by Crippen LogP contribution is -2.45. The molecule has 36 heavy (non-hydrogen) atoms. The van der Waals surface area contributed by atoms with Gasteiger partial charge in [0.1, 0.15) is 23.9 Å². The van der Waals surface area contributed by atoms with Gasteiger partial charge in [0.25, 0.3) is 0 Å². The Morgan fingerprint density at radius 1 is 1.08 bits per heavy atom. The Balaban J connectivity index is 1.71. The van der Waals surface area contributed by atoms with Crippen molar-refractivity contribution in [1.29, 1.82) is 0 Å². The van der Waals surface area contributed by atoms with E-state index in [9.17, 15) is 9.59 Å². The van der Waals surface area contributed by atoms with Gasteiger partial charge in [-0.1, -0.05) is 37.3 Å². The van der Waals surface area contributed by atoms with E-state index in [0.717, 1.165) is 16.8 Å². The Morgan fingerprint density at radius 3 is 2.56 bits per heavy atom. The number of ether oxygens (including phenoxy) is 1. The van der Waals surface area contributed by atoms with Gasteiger partial charge >= 0.3 is 0 Å². The third kappa shape index (κ3) is 5.91. The molecule has 188 valence electrons. The van der Waals surface area contributed by atoms with Gasteiger partial charge in [-0.05, 0) is 67.1 Å². The Morgan fingerprint density at radius 2 is 1.86 bits per heavy atom. The molecule has 0 radical (unpaired) electrons. The molecule has 0 aliphatic rings. The summed E-state index contributed by atoms with van der Waals surface area (Å²) < 4.78 is 7.16. The van der Waals surface area contributed by atoms with Crippen molar-refractivity contribution in [2.75, 3.05) is 18.1 Å². The van der Waals surface area contributed by atoms with Gasteiger partial charge < -0.3 is 10.1 Å². The van der Waals surface area contributed by atoms with Gasteiger partial charge in [0, 0.05) is 17.1 Å². The van der Waals surface area contributed by atoms with Crippen molar-refractivity contribution in [2.45, 2.75) is 39.8 Å². The number of aromatic nitrogens is 3. The van der Waals surface area contributed by atoms with Crippen LogP contribution in [0, 0.1) is 5.92 Å². The molecule has 2 amide bonds. The van der Waals surface area contributed by atoms with E-state index in [4.69, 9.17) is 4.74 Å². The summed E-state index contributed by atoms with van der Waals surface area (Å²) in [6.45, 7) is 7.16. The number of hydrogen-bond donors (Lipinski definition) is 1. The number of benzene rings is 2. The molecule has 2 heterocycles. The van der Waals surface area contributed by atoms with Crippen LogP contribution in [0.2, 0.25) is 0 Å². The molecule has 0 aliphatic carbocycles. The summed E-state index contributed by atoms with van der Waals surface area (Å²) in [4.78, 5) is 29.8. The van der Waals surface area contributed by atoms with Crippen molar-refractivity contribution in [3.05, 3.63) is 70.9 Å². The molecule has 8 nitrogen and oxygen atoms in total. The molecule has 0 spiro atoms. The van der Waals surface area contributed by atoms with Crippen LogP contribution in [0.5, 0.6) is 5.75 Å². The molecule has 0 saturated carbocycles. The van der Waals surface area contributed by atoms with Crippen molar-refractivity contribution in [3.8, 4) is 5.75 Å². The Labute approximate surface area is 214 Å². The van der Waals surface area contributed by atoms with E-state index in [-0.39, 0.29) is 18.4 Å². The summed E-state index contributed by atoms with van der Waals surface area (Å²) in [6, 6.07) is 17.7. The van der Waals surface area contributed by atoms with E-state index in [1.165, 1.54) is 11.3 Å². The normalized spacial score (nSPS) is 12.0. The van der Waals surface area contributed by atoms with Gasteiger partial charge in [-0.2, -0.15) is 0 Å². The minimum absolute atomic E-state index is 0.0606. The van der Waals surface area contributed by atoms with Gasteiger partial charge in [-0.15, -0.1) is 16.4 Å². The number of thiophene rings is 1. The van der Waals surface area contributed by atoms with Crippen molar-refractivity contribution in [1.82, 2.24) is 20.3 Å². The molecule has 1 N–H and O–H groups in total. The highest BCUT2D eigenvalue weighted by atomic mass is 32.1. The summed E-state index contributed by atoms with van der Waals surface area (Å²) in [5, 5.41) is 13.3. The average molecular weight is 506 g/mol. The zero-order chi connectivity index (χ0) is 25.5. The number of para-hydroxylation sites is 1. The number of fused-ring (bicyclic) bond motifs is 1. The summed E-state index contributed by atoms with van der Waals surface area (Å²) in [7, 11) is 0. The van der Waals surface area contributed by atoms with E-state index >= 15 is 0 Å². The highest BCUT2D eigenvalue weighted by molar-refractivity contribution is 7.10. The number of hydrogen-bond acceptors (Lipinski definition) is 6. The van der Waals surface area contributed by atoms with E-state index in [1.807, 2.05) is 73.0 Å². The number of nitrogens with one attached hydrogen (secondary N) is 1. The second-order valence-electron chi connectivity index (χ2n) is 8.82. The van der Waals surface area contributed by atoms with Crippen LogP contribution in [0.3, 0.4) is 0 Å². The molecule has 0 fully saturated rings. The predicted octanol–water partition coefficient (Wildman–Crippen LogP) is 4.83. The number of rotatable bonds is 11. The first-order chi connectivity index (χ1) is 17.5. The van der Waals surface area contributed by atoms with Crippen LogP contribution in [0.1, 0.15) is 38.1 Å². The van der Waals surface area contributed by atoms with E-state index in [2.05, 4.69) is 29.5 Å². The summed E-state index contributed by atoms with van der Waals surface area (Å²) in [6.07, 6.45) is 0.852. The lowest BCUT2D eigenvalue weighted by atomic mass is 10.1. The predicted molar refractivity (Wildman–Crippen MR) is 142 cm³/mol. The zero-order valence-corrected chi connectivity index (χ0v) is 21.6. The van der Waals surface area contributed by atoms with Crippen LogP contribution in [0.15, 0.2) is 66.0 Å². The summed E-state index contributed by atoms with van der Waals surface area (Å²) in [5.74, 6) is 0.663. The van der Waals surface area contributed by atoms with Crippen molar-refractivity contribution >= 4 is 39.9 Å². The molecule has 4 aromatic rings. The van der Waals surface area contributed by atoms with Crippen LogP contribution in [0.4, 0.5) is 5.69 Å². The van der Waals surface area contributed by atoms with Gasteiger partial charge in [0.2, 0.25) is 11.8 Å². The van der Waals surface area contributed by atoms with Crippen LogP contribution < -0.4 is 15.0 Å². The molecule has 0 unspecified atom stereocenters. The minimum atomic E-state index is -0.822. The molecular formula is C27H31N5O3S. The van der Waals surface area contributed by atoms with Crippen molar-refractivity contribution in [3.63, 3.8) is 0 Å². The maximum absolute atomic E-state index is 13.9. The molecule has 0 bridgehead atoms. The van der Waals surface area contributed by atoms with Gasteiger partial charge in [0.15, 0.2) is 0 Å². The SMILES string of the molecule is CCOc1ccc(N(C(=O)Cn2nnc3ccccc32)[C@H](C(=O)NCCC(C)C)c2cccs2)cc1. The van der Waals surface area contributed by atoms with Gasteiger partial charge in [-0.25, -0.2) is 4.68 Å². The first-order valence-electron chi connectivity index (χ1n) is 12.1. The number of carbonyl (C=O) groups is 2. The molecule has 0 saturated heterocycles. The number of amides is 2. The van der Waals surface area contributed by atoms with E-state index < -0.39 is 6.04 Å². The fourth-order valence-electron chi connectivity index (χ4n) is 3.95.